The van der Waals surface area contributed by atoms with E-state index in [1.807, 2.05) is 0 Å². The molecule has 3 N–H and O–H groups in total. The van der Waals surface area contributed by atoms with E-state index in [-0.39, 0.29) is 11.6 Å². The van der Waals surface area contributed by atoms with Crippen LogP contribution >= 0.6 is 0 Å². The molecule has 1 aliphatic carbocycles. The van der Waals surface area contributed by atoms with Crippen LogP contribution in [0.3, 0.4) is 0 Å². The van der Waals surface area contributed by atoms with Crippen LogP contribution in [0.5, 0.6) is 0 Å². The van der Waals surface area contributed by atoms with E-state index in [4.69, 9.17) is 5.73 Å². The number of anilines is 2. The van der Waals surface area contributed by atoms with Crippen molar-refractivity contribution < 1.29 is 13.2 Å². The Balaban J connectivity index is 2.02. The topological polar surface area (TPSA) is 50.9 Å². The highest BCUT2D eigenvalue weighted by Gasteiger charge is 2.31. The number of pyridine rings is 1. The van der Waals surface area contributed by atoms with Gasteiger partial charge < -0.3 is 11.1 Å². The van der Waals surface area contributed by atoms with E-state index in [0.717, 1.165) is 24.5 Å². The SMILES string of the molecule is Nc1cc(C(F)(F)F)cc(NCCC2CC2)n1. The number of nitrogens with zero attached hydrogens (tertiary/aromatic N) is 1. The van der Waals surface area contributed by atoms with Gasteiger partial charge in [-0.15, -0.1) is 0 Å². The first-order chi connectivity index (χ1) is 7.95. The monoisotopic (exact) mass is 245 g/mol. The normalized spacial score (nSPS) is 15.9. The first-order valence-corrected chi connectivity index (χ1v) is 5.54. The van der Waals surface area contributed by atoms with E-state index in [2.05, 4.69) is 10.3 Å². The summed E-state index contributed by atoms with van der Waals surface area (Å²) in [6, 6.07) is 1.83. The van der Waals surface area contributed by atoms with Crippen LogP contribution in [0.25, 0.3) is 0 Å². The molecule has 0 spiro atoms. The molecule has 17 heavy (non-hydrogen) atoms. The molecule has 0 amide bonds. The second-order valence-electron chi connectivity index (χ2n) is 4.32. The van der Waals surface area contributed by atoms with Gasteiger partial charge in [-0.1, -0.05) is 12.8 Å². The van der Waals surface area contributed by atoms with Crippen LogP contribution < -0.4 is 11.1 Å². The maximum atomic E-state index is 12.5. The minimum atomic E-state index is -4.38. The summed E-state index contributed by atoms with van der Waals surface area (Å²) in [6.45, 7) is 0.637. The van der Waals surface area contributed by atoms with E-state index in [0.29, 0.717) is 6.54 Å². The maximum Gasteiger partial charge on any atom is 0.416 e. The van der Waals surface area contributed by atoms with Gasteiger partial charge in [-0.25, -0.2) is 4.98 Å². The smallest absolute Gasteiger partial charge is 0.384 e. The second kappa shape index (κ2) is 4.43. The number of aromatic nitrogens is 1. The molecule has 1 fully saturated rings. The van der Waals surface area contributed by atoms with Crippen molar-refractivity contribution in [3.8, 4) is 0 Å². The van der Waals surface area contributed by atoms with Crippen molar-refractivity contribution in [2.75, 3.05) is 17.6 Å². The van der Waals surface area contributed by atoms with Crippen LogP contribution in [0.1, 0.15) is 24.8 Å². The molecule has 0 radical (unpaired) electrons. The third-order valence-corrected chi connectivity index (χ3v) is 2.73. The van der Waals surface area contributed by atoms with Crippen molar-refractivity contribution in [3.63, 3.8) is 0 Å². The van der Waals surface area contributed by atoms with Gasteiger partial charge in [0.15, 0.2) is 0 Å². The van der Waals surface area contributed by atoms with E-state index in [1.54, 1.807) is 0 Å². The first-order valence-electron chi connectivity index (χ1n) is 5.54. The maximum absolute atomic E-state index is 12.5. The predicted molar refractivity (Wildman–Crippen MR) is 59.5 cm³/mol. The molecule has 94 valence electrons. The number of nitrogens with two attached hydrogens (primary N) is 1. The number of hydrogen-bond donors (Lipinski definition) is 2. The van der Waals surface area contributed by atoms with Crippen molar-refractivity contribution in [1.29, 1.82) is 0 Å². The third-order valence-electron chi connectivity index (χ3n) is 2.73. The zero-order chi connectivity index (χ0) is 12.5. The Hall–Kier alpha value is -1.46. The summed E-state index contributed by atoms with van der Waals surface area (Å²) in [7, 11) is 0. The molecule has 0 unspecified atom stereocenters. The number of rotatable bonds is 4. The average Bonchev–Trinajstić information content (AvgIpc) is 2.99. The molecular formula is C11H14F3N3. The Labute approximate surface area is 97.2 Å². The standard InChI is InChI=1S/C11H14F3N3/c12-11(13,14)8-5-9(15)17-10(6-8)16-4-3-7-1-2-7/h5-7H,1-4H2,(H3,15,16,17). The molecule has 6 heteroatoms. The Morgan fingerprint density at radius 1 is 1.35 bits per heavy atom. The summed E-state index contributed by atoms with van der Waals surface area (Å²) < 4.78 is 37.5. The molecule has 0 aromatic carbocycles. The van der Waals surface area contributed by atoms with Crippen molar-refractivity contribution >= 4 is 11.6 Å². The van der Waals surface area contributed by atoms with Crippen molar-refractivity contribution in [3.05, 3.63) is 17.7 Å². The molecule has 2 rings (SSSR count). The van der Waals surface area contributed by atoms with Gasteiger partial charge in [-0.2, -0.15) is 13.2 Å². The number of hydrogen-bond acceptors (Lipinski definition) is 3. The number of nitrogen functional groups attached to an aromatic ring is 1. The Morgan fingerprint density at radius 2 is 2.06 bits per heavy atom. The number of halogens is 3. The third kappa shape index (κ3) is 3.51. The average molecular weight is 245 g/mol. The quantitative estimate of drug-likeness (QED) is 0.857. The summed E-state index contributed by atoms with van der Waals surface area (Å²) in [5.74, 6) is 0.803. The number of nitrogens with one attached hydrogen (secondary N) is 1. The summed E-state index contributed by atoms with van der Waals surface area (Å²) in [6.07, 6.45) is -0.971. The lowest BCUT2D eigenvalue weighted by atomic mass is 10.2. The van der Waals surface area contributed by atoms with Crippen LogP contribution in [-0.4, -0.2) is 11.5 Å². The lowest BCUT2D eigenvalue weighted by molar-refractivity contribution is -0.137. The Morgan fingerprint density at radius 3 is 2.65 bits per heavy atom. The summed E-state index contributed by atoms with van der Waals surface area (Å²) in [5, 5.41) is 2.88. The molecule has 3 nitrogen and oxygen atoms in total. The zero-order valence-electron chi connectivity index (χ0n) is 9.22. The molecule has 0 saturated heterocycles. The zero-order valence-corrected chi connectivity index (χ0v) is 9.22. The minimum absolute atomic E-state index is 0.117. The summed E-state index contributed by atoms with van der Waals surface area (Å²) in [5.41, 5.74) is 4.58. The van der Waals surface area contributed by atoms with Crippen molar-refractivity contribution in [2.24, 2.45) is 5.92 Å². The van der Waals surface area contributed by atoms with E-state index in [1.165, 1.54) is 12.8 Å². The molecule has 1 aromatic rings. The van der Waals surface area contributed by atoms with Gasteiger partial charge >= 0.3 is 6.18 Å². The van der Waals surface area contributed by atoms with Gasteiger partial charge in [0.2, 0.25) is 0 Å². The van der Waals surface area contributed by atoms with Gasteiger partial charge in [-0.05, 0) is 24.5 Å². The minimum Gasteiger partial charge on any atom is -0.384 e. The highest BCUT2D eigenvalue weighted by Crippen LogP contribution is 2.33. The molecular weight excluding hydrogens is 231 g/mol. The highest BCUT2D eigenvalue weighted by molar-refractivity contribution is 5.47. The second-order valence-corrected chi connectivity index (χ2v) is 4.32. The van der Waals surface area contributed by atoms with Gasteiger partial charge in [0, 0.05) is 6.54 Å². The molecule has 0 bridgehead atoms. The van der Waals surface area contributed by atoms with E-state index in [9.17, 15) is 13.2 Å². The highest BCUT2D eigenvalue weighted by atomic mass is 19.4. The Kier molecular flexibility index (Phi) is 3.13. The van der Waals surface area contributed by atoms with Crippen molar-refractivity contribution in [1.82, 2.24) is 4.98 Å². The predicted octanol–water partition coefficient (Wildman–Crippen LogP) is 2.89. The van der Waals surface area contributed by atoms with Crippen LogP contribution in [0.4, 0.5) is 24.8 Å². The molecule has 0 atom stereocenters. The van der Waals surface area contributed by atoms with Crippen LogP contribution in [-0.2, 0) is 6.18 Å². The fourth-order valence-electron chi connectivity index (χ4n) is 1.62. The molecule has 1 aliphatic rings. The van der Waals surface area contributed by atoms with Crippen LogP contribution in [0, 0.1) is 5.92 Å². The summed E-state index contributed by atoms with van der Waals surface area (Å²) in [4.78, 5) is 3.83. The fourth-order valence-corrected chi connectivity index (χ4v) is 1.62. The Bertz CT molecular complexity index is 399. The van der Waals surface area contributed by atoms with E-state index >= 15 is 0 Å². The molecule has 1 saturated carbocycles. The lowest BCUT2D eigenvalue weighted by Crippen LogP contribution is -2.10. The van der Waals surface area contributed by atoms with Gasteiger partial charge in [0.25, 0.3) is 0 Å². The van der Waals surface area contributed by atoms with Gasteiger partial charge in [0.1, 0.15) is 11.6 Å². The van der Waals surface area contributed by atoms with E-state index < -0.39 is 11.7 Å². The molecule has 1 aromatic heterocycles. The summed E-state index contributed by atoms with van der Waals surface area (Å²) >= 11 is 0. The van der Waals surface area contributed by atoms with Crippen LogP contribution in [0.15, 0.2) is 12.1 Å². The molecule has 1 heterocycles. The lowest BCUT2D eigenvalue weighted by Gasteiger charge is -2.11. The van der Waals surface area contributed by atoms with Gasteiger partial charge in [0.05, 0.1) is 5.56 Å². The van der Waals surface area contributed by atoms with Crippen LogP contribution in [0.2, 0.25) is 0 Å². The molecule has 0 aliphatic heterocycles. The van der Waals surface area contributed by atoms with Gasteiger partial charge in [-0.3, -0.25) is 0 Å². The van der Waals surface area contributed by atoms with Crippen molar-refractivity contribution in [2.45, 2.75) is 25.4 Å². The first kappa shape index (κ1) is 12.0. The number of alkyl halides is 3. The largest absolute Gasteiger partial charge is 0.416 e. The fraction of sp³-hybridized carbons (Fsp3) is 0.545.